The van der Waals surface area contributed by atoms with E-state index in [9.17, 15) is 22.8 Å². The first-order chi connectivity index (χ1) is 12.3. The number of amides is 2. The Morgan fingerprint density at radius 1 is 0.923 bits per heavy atom. The smallest absolute Gasteiger partial charge is 0.417 e. The first-order valence-corrected chi connectivity index (χ1v) is 7.69. The van der Waals surface area contributed by atoms with E-state index < -0.39 is 23.2 Å². The molecule has 138 valence electrons. The van der Waals surface area contributed by atoms with Crippen molar-refractivity contribution in [2.45, 2.75) is 6.18 Å². The highest BCUT2D eigenvalue weighted by Crippen LogP contribution is 2.31. The van der Waals surface area contributed by atoms with Gasteiger partial charge in [0.2, 0.25) is 0 Å². The molecule has 2 aromatic rings. The SMILES string of the molecule is COc1ccc(C(=O)NCCNC(=O)c2ccccc2C(F)(F)F)cc1. The number of methoxy groups -OCH3 is 1. The number of carbonyl (C=O) groups is 2. The largest absolute Gasteiger partial charge is 0.497 e. The lowest BCUT2D eigenvalue weighted by Gasteiger charge is -2.13. The van der Waals surface area contributed by atoms with E-state index in [2.05, 4.69) is 10.6 Å². The van der Waals surface area contributed by atoms with Gasteiger partial charge in [-0.25, -0.2) is 0 Å². The van der Waals surface area contributed by atoms with Crippen molar-refractivity contribution >= 4 is 11.8 Å². The summed E-state index contributed by atoms with van der Waals surface area (Å²) < 4.78 is 43.7. The summed E-state index contributed by atoms with van der Waals surface area (Å²) in [5.41, 5.74) is -1.05. The molecule has 0 saturated heterocycles. The molecule has 0 atom stereocenters. The molecule has 0 aliphatic carbocycles. The highest BCUT2D eigenvalue weighted by molar-refractivity contribution is 5.96. The summed E-state index contributed by atoms with van der Waals surface area (Å²) >= 11 is 0. The summed E-state index contributed by atoms with van der Waals surface area (Å²) in [6.45, 7) is 0.0672. The van der Waals surface area contributed by atoms with Crippen LogP contribution in [0.5, 0.6) is 5.75 Å². The second kappa shape index (κ2) is 8.37. The van der Waals surface area contributed by atoms with Crippen LogP contribution in [0.2, 0.25) is 0 Å². The lowest BCUT2D eigenvalue weighted by Crippen LogP contribution is -2.35. The number of alkyl halides is 3. The van der Waals surface area contributed by atoms with Crippen molar-refractivity contribution in [1.82, 2.24) is 10.6 Å². The zero-order valence-electron chi connectivity index (χ0n) is 13.9. The molecule has 0 aromatic heterocycles. The first-order valence-electron chi connectivity index (χ1n) is 7.69. The van der Waals surface area contributed by atoms with Gasteiger partial charge in [0.05, 0.1) is 18.2 Å². The quantitative estimate of drug-likeness (QED) is 0.773. The second-order valence-corrected chi connectivity index (χ2v) is 5.28. The normalized spacial score (nSPS) is 10.9. The maximum Gasteiger partial charge on any atom is 0.417 e. The Morgan fingerprint density at radius 3 is 2.08 bits per heavy atom. The lowest BCUT2D eigenvalue weighted by molar-refractivity contribution is -0.137. The maximum absolute atomic E-state index is 12.9. The predicted molar refractivity (Wildman–Crippen MR) is 89.1 cm³/mol. The van der Waals surface area contributed by atoms with E-state index in [1.54, 1.807) is 24.3 Å². The monoisotopic (exact) mass is 366 g/mol. The Bertz CT molecular complexity index is 774. The van der Waals surface area contributed by atoms with Gasteiger partial charge in [-0.05, 0) is 36.4 Å². The Kier molecular flexibility index (Phi) is 6.21. The van der Waals surface area contributed by atoms with Gasteiger partial charge in [0, 0.05) is 18.7 Å². The molecule has 2 amide bonds. The van der Waals surface area contributed by atoms with E-state index in [0.717, 1.165) is 12.1 Å². The zero-order chi connectivity index (χ0) is 19.2. The third-order valence-corrected chi connectivity index (χ3v) is 3.53. The van der Waals surface area contributed by atoms with E-state index in [1.807, 2.05) is 0 Å². The molecule has 0 bridgehead atoms. The van der Waals surface area contributed by atoms with E-state index >= 15 is 0 Å². The van der Waals surface area contributed by atoms with Gasteiger partial charge >= 0.3 is 6.18 Å². The predicted octanol–water partition coefficient (Wildman–Crippen LogP) is 2.87. The van der Waals surface area contributed by atoms with Crippen molar-refractivity contribution in [3.05, 3.63) is 65.2 Å². The molecule has 0 radical (unpaired) electrons. The standard InChI is InChI=1S/C18H17F3N2O3/c1-26-13-8-6-12(7-9-13)16(24)22-10-11-23-17(25)14-4-2-3-5-15(14)18(19,20)21/h2-9H,10-11H2,1H3,(H,22,24)(H,23,25). The van der Waals surface area contributed by atoms with Crippen LogP contribution in [0.1, 0.15) is 26.3 Å². The fraction of sp³-hybridized carbons (Fsp3) is 0.222. The lowest BCUT2D eigenvalue weighted by atomic mass is 10.1. The van der Waals surface area contributed by atoms with Crippen LogP contribution in [0.3, 0.4) is 0 Å². The van der Waals surface area contributed by atoms with Crippen LogP contribution in [-0.4, -0.2) is 32.0 Å². The van der Waals surface area contributed by atoms with Crippen LogP contribution < -0.4 is 15.4 Å². The molecule has 2 N–H and O–H groups in total. The van der Waals surface area contributed by atoms with Gasteiger partial charge in [-0.15, -0.1) is 0 Å². The average molecular weight is 366 g/mol. The third kappa shape index (κ3) is 4.98. The number of halogens is 3. The fourth-order valence-corrected chi connectivity index (χ4v) is 2.22. The van der Waals surface area contributed by atoms with Gasteiger partial charge in [-0.1, -0.05) is 12.1 Å². The first kappa shape index (κ1) is 19.3. The molecule has 5 nitrogen and oxygen atoms in total. The number of hydrogen-bond acceptors (Lipinski definition) is 3. The van der Waals surface area contributed by atoms with E-state index in [-0.39, 0.29) is 19.0 Å². The van der Waals surface area contributed by atoms with Crippen LogP contribution >= 0.6 is 0 Å². The van der Waals surface area contributed by atoms with Gasteiger partial charge in [-0.2, -0.15) is 13.2 Å². The topological polar surface area (TPSA) is 67.4 Å². The van der Waals surface area contributed by atoms with E-state index in [0.29, 0.717) is 11.3 Å². The molecule has 2 aromatic carbocycles. The van der Waals surface area contributed by atoms with Crippen LogP contribution in [0.15, 0.2) is 48.5 Å². The third-order valence-electron chi connectivity index (χ3n) is 3.53. The molecule has 0 unspecified atom stereocenters. The Balaban J connectivity index is 1.86. The van der Waals surface area contributed by atoms with Crippen LogP contribution in [0, 0.1) is 0 Å². The molecule has 0 fully saturated rings. The van der Waals surface area contributed by atoms with Crippen LogP contribution in [0.4, 0.5) is 13.2 Å². The number of benzene rings is 2. The molecule has 2 rings (SSSR count). The molecule has 0 saturated carbocycles. The molecule has 26 heavy (non-hydrogen) atoms. The molecule has 0 aliphatic heterocycles. The number of rotatable bonds is 6. The molecule has 8 heteroatoms. The van der Waals surface area contributed by atoms with Crippen LogP contribution in [0.25, 0.3) is 0 Å². The van der Waals surface area contributed by atoms with E-state index in [4.69, 9.17) is 4.74 Å². The minimum Gasteiger partial charge on any atom is -0.497 e. The van der Waals surface area contributed by atoms with Crippen molar-refractivity contribution < 1.29 is 27.5 Å². The van der Waals surface area contributed by atoms with Crippen LogP contribution in [-0.2, 0) is 6.18 Å². The summed E-state index contributed by atoms with van der Waals surface area (Å²) in [6.07, 6.45) is -4.61. The second-order valence-electron chi connectivity index (χ2n) is 5.28. The van der Waals surface area contributed by atoms with Crippen molar-refractivity contribution in [2.75, 3.05) is 20.2 Å². The van der Waals surface area contributed by atoms with Gasteiger partial charge in [-0.3, -0.25) is 9.59 Å². The Morgan fingerprint density at radius 2 is 1.50 bits per heavy atom. The van der Waals surface area contributed by atoms with Crippen molar-refractivity contribution in [1.29, 1.82) is 0 Å². The fourth-order valence-electron chi connectivity index (χ4n) is 2.22. The van der Waals surface area contributed by atoms with Crippen molar-refractivity contribution in [3.63, 3.8) is 0 Å². The maximum atomic E-state index is 12.9. The molecular weight excluding hydrogens is 349 g/mol. The Hall–Kier alpha value is -3.03. The van der Waals surface area contributed by atoms with Gasteiger partial charge in [0.25, 0.3) is 11.8 Å². The minimum atomic E-state index is -4.61. The summed E-state index contributed by atoms with van der Waals surface area (Å²) in [7, 11) is 1.51. The summed E-state index contributed by atoms with van der Waals surface area (Å²) in [4.78, 5) is 23.9. The van der Waals surface area contributed by atoms with E-state index in [1.165, 1.54) is 19.2 Å². The number of carbonyl (C=O) groups excluding carboxylic acids is 2. The molecular formula is C18H17F3N2O3. The van der Waals surface area contributed by atoms with Gasteiger partial charge < -0.3 is 15.4 Å². The number of hydrogen-bond donors (Lipinski definition) is 2. The number of nitrogens with one attached hydrogen (secondary N) is 2. The molecule has 0 aliphatic rings. The average Bonchev–Trinajstić information content (AvgIpc) is 2.64. The highest BCUT2D eigenvalue weighted by atomic mass is 19.4. The summed E-state index contributed by atoms with van der Waals surface area (Å²) in [5.74, 6) is -0.605. The van der Waals surface area contributed by atoms with Crippen molar-refractivity contribution in [2.24, 2.45) is 0 Å². The highest BCUT2D eigenvalue weighted by Gasteiger charge is 2.34. The molecule has 0 heterocycles. The summed E-state index contributed by atoms with van der Waals surface area (Å²) in [6, 6.07) is 10.9. The number of ether oxygens (including phenoxy) is 1. The molecule has 0 spiro atoms. The van der Waals surface area contributed by atoms with Gasteiger partial charge in [0.15, 0.2) is 0 Å². The summed E-state index contributed by atoms with van der Waals surface area (Å²) in [5, 5.41) is 4.93. The van der Waals surface area contributed by atoms with Gasteiger partial charge in [0.1, 0.15) is 5.75 Å². The minimum absolute atomic E-state index is 0.00702. The zero-order valence-corrected chi connectivity index (χ0v) is 13.9. The Labute approximate surface area is 148 Å². The van der Waals surface area contributed by atoms with Crippen molar-refractivity contribution in [3.8, 4) is 5.75 Å².